The smallest absolute Gasteiger partial charge is 0.253 e. The lowest BCUT2D eigenvalue weighted by Crippen LogP contribution is -2.42. The minimum atomic E-state index is -3.61. The molecule has 1 atom stereocenters. The molecule has 124 valence electrons. The Hall–Kier alpha value is -1.60. The molecule has 1 unspecified atom stereocenters. The van der Waals surface area contributed by atoms with Crippen LogP contribution in [0.15, 0.2) is 65.0 Å². The third kappa shape index (κ3) is 2.59. The average Bonchev–Trinajstić information content (AvgIpc) is 3.23. The first-order chi connectivity index (χ1) is 11.6. The molecule has 0 fully saturated rings. The minimum Gasteiger partial charge on any atom is -0.348 e. The van der Waals surface area contributed by atoms with Gasteiger partial charge in [-0.25, -0.2) is 8.42 Å². The van der Waals surface area contributed by atoms with E-state index in [4.69, 9.17) is 11.6 Å². The summed E-state index contributed by atoms with van der Waals surface area (Å²) in [4.78, 5) is 0. The van der Waals surface area contributed by atoms with E-state index in [1.54, 1.807) is 16.4 Å². The molecule has 3 heterocycles. The van der Waals surface area contributed by atoms with Crippen molar-refractivity contribution in [1.29, 1.82) is 0 Å². The molecular formula is C17H15ClN2O2S2. The highest BCUT2D eigenvalue weighted by Gasteiger charge is 2.38. The second-order valence-electron chi connectivity index (χ2n) is 5.61. The number of sulfonamides is 1. The van der Waals surface area contributed by atoms with Crippen LogP contribution in [0, 0.1) is 0 Å². The molecule has 0 spiro atoms. The number of rotatable bonds is 3. The van der Waals surface area contributed by atoms with Gasteiger partial charge >= 0.3 is 0 Å². The van der Waals surface area contributed by atoms with Gasteiger partial charge in [-0.05, 0) is 29.8 Å². The molecule has 0 N–H and O–H groups in total. The highest BCUT2D eigenvalue weighted by Crippen LogP contribution is 2.38. The number of benzene rings is 1. The van der Waals surface area contributed by atoms with Crippen LogP contribution < -0.4 is 0 Å². The van der Waals surface area contributed by atoms with E-state index in [1.165, 1.54) is 0 Å². The van der Waals surface area contributed by atoms with Gasteiger partial charge in [-0.15, -0.1) is 11.3 Å². The topological polar surface area (TPSA) is 42.3 Å². The van der Waals surface area contributed by atoms with Crippen LogP contribution in [-0.4, -0.2) is 23.8 Å². The number of thiophene rings is 1. The van der Waals surface area contributed by atoms with Crippen LogP contribution in [0.1, 0.15) is 17.3 Å². The molecule has 7 heteroatoms. The Morgan fingerprint density at radius 1 is 1.00 bits per heavy atom. The standard InChI is InChI=1S/C17H15ClN2O2S2/c18-15-8-9-16(23-15)24(21,22)20-12-11-19-10-4-7-14(19)17(20)13-5-2-1-3-6-13/h1-10,17H,11-12H2. The van der Waals surface area contributed by atoms with E-state index in [1.807, 2.05) is 48.7 Å². The van der Waals surface area contributed by atoms with Crippen LogP contribution in [0.2, 0.25) is 4.34 Å². The zero-order valence-corrected chi connectivity index (χ0v) is 15.1. The number of halogens is 1. The molecule has 1 aromatic carbocycles. The van der Waals surface area contributed by atoms with Crippen LogP contribution in [0.25, 0.3) is 0 Å². The van der Waals surface area contributed by atoms with Crippen molar-refractivity contribution in [2.45, 2.75) is 16.8 Å². The van der Waals surface area contributed by atoms with Crippen molar-refractivity contribution < 1.29 is 8.42 Å². The molecular weight excluding hydrogens is 364 g/mol. The Morgan fingerprint density at radius 2 is 1.79 bits per heavy atom. The van der Waals surface area contributed by atoms with Crippen LogP contribution in [-0.2, 0) is 16.6 Å². The second kappa shape index (κ2) is 6.04. The van der Waals surface area contributed by atoms with Gasteiger partial charge in [-0.1, -0.05) is 41.9 Å². The maximum atomic E-state index is 13.2. The molecule has 3 aromatic rings. The van der Waals surface area contributed by atoms with Gasteiger partial charge in [-0.3, -0.25) is 0 Å². The second-order valence-corrected chi connectivity index (χ2v) is 9.45. The first-order valence-corrected chi connectivity index (χ1v) is 10.2. The fraction of sp³-hybridized carbons (Fsp3) is 0.176. The van der Waals surface area contributed by atoms with Crippen molar-refractivity contribution in [1.82, 2.24) is 8.87 Å². The first-order valence-electron chi connectivity index (χ1n) is 7.54. The normalized spacial score (nSPS) is 18.5. The number of nitrogens with zero attached hydrogens (tertiary/aromatic N) is 2. The quantitative estimate of drug-likeness (QED) is 0.691. The molecule has 1 aliphatic heterocycles. The molecule has 2 aromatic heterocycles. The largest absolute Gasteiger partial charge is 0.348 e. The van der Waals surface area contributed by atoms with Crippen LogP contribution in [0.5, 0.6) is 0 Å². The van der Waals surface area contributed by atoms with Crippen molar-refractivity contribution in [3.63, 3.8) is 0 Å². The number of fused-ring (bicyclic) bond motifs is 1. The Balaban J connectivity index is 1.85. The predicted molar refractivity (Wildman–Crippen MR) is 95.9 cm³/mol. The average molecular weight is 379 g/mol. The molecule has 0 bridgehead atoms. The summed E-state index contributed by atoms with van der Waals surface area (Å²) < 4.78 is 30.8. The summed E-state index contributed by atoms with van der Waals surface area (Å²) in [5, 5.41) is 0. The molecule has 24 heavy (non-hydrogen) atoms. The van der Waals surface area contributed by atoms with E-state index >= 15 is 0 Å². The van der Waals surface area contributed by atoms with Gasteiger partial charge in [-0.2, -0.15) is 4.31 Å². The Bertz CT molecular complexity index is 963. The fourth-order valence-corrected chi connectivity index (χ4v) is 6.34. The molecule has 4 rings (SSSR count). The maximum Gasteiger partial charge on any atom is 0.253 e. The SMILES string of the molecule is O=S(=O)(c1ccc(Cl)s1)N1CCn2cccc2C1c1ccccc1. The molecule has 0 saturated carbocycles. The van der Waals surface area contributed by atoms with Crippen molar-refractivity contribution in [2.75, 3.05) is 6.54 Å². The lowest BCUT2D eigenvalue weighted by Gasteiger charge is -2.36. The van der Waals surface area contributed by atoms with Gasteiger partial charge in [0.25, 0.3) is 10.0 Å². The minimum absolute atomic E-state index is 0.286. The van der Waals surface area contributed by atoms with Crippen molar-refractivity contribution in [3.05, 3.63) is 76.4 Å². The summed E-state index contributed by atoms with van der Waals surface area (Å²) in [6, 6.07) is 16.6. The van der Waals surface area contributed by atoms with E-state index in [0.717, 1.165) is 22.6 Å². The summed E-state index contributed by atoms with van der Waals surface area (Å²) in [6.45, 7) is 1.07. The summed E-state index contributed by atoms with van der Waals surface area (Å²) in [5.41, 5.74) is 1.95. The van der Waals surface area contributed by atoms with Crippen LogP contribution >= 0.6 is 22.9 Å². The lowest BCUT2D eigenvalue weighted by atomic mass is 10.0. The highest BCUT2D eigenvalue weighted by molar-refractivity contribution is 7.91. The van der Waals surface area contributed by atoms with Crippen molar-refractivity contribution in [2.24, 2.45) is 0 Å². The number of hydrogen-bond donors (Lipinski definition) is 0. The van der Waals surface area contributed by atoms with E-state index in [-0.39, 0.29) is 10.3 Å². The van der Waals surface area contributed by atoms with E-state index in [9.17, 15) is 8.42 Å². The summed E-state index contributed by atoms with van der Waals surface area (Å²) in [7, 11) is -3.61. The molecule has 1 aliphatic rings. The van der Waals surface area contributed by atoms with Crippen molar-refractivity contribution >= 4 is 33.0 Å². The van der Waals surface area contributed by atoms with Crippen molar-refractivity contribution in [3.8, 4) is 0 Å². The first kappa shape index (κ1) is 15.9. The summed E-state index contributed by atoms with van der Waals surface area (Å²) in [6.07, 6.45) is 2.00. The lowest BCUT2D eigenvalue weighted by molar-refractivity contribution is 0.299. The third-order valence-corrected chi connectivity index (χ3v) is 7.78. The van der Waals surface area contributed by atoms with E-state index in [2.05, 4.69) is 4.57 Å². The van der Waals surface area contributed by atoms with Gasteiger partial charge in [0.1, 0.15) is 4.21 Å². The monoisotopic (exact) mass is 378 g/mol. The van der Waals surface area contributed by atoms with Crippen LogP contribution in [0.3, 0.4) is 0 Å². The van der Waals surface area contributed by atoms with E-state index in [0.29, 0.717) is 17.4 Å². The van der Waals surface area contributed by atoms with Gasteiger partial charge in [0.2, 0.25) is 0 Å². The molecule has 0 aliphatic carbocycles. The zero-order valence-electron chi connectivity index (χ0n) is 12.7. The van der Waals surface area contributed by atoms with Gasteiger partial charge in [0, 0.05) is 25.0 Å². The predicted octanol–water partition coefficient (Wildman–Crippen LogP) is 4.00. The number of hydrogen-bond acceptors (Lipinski definition) is 3. The van der Waals surface area contributed by atoms with Gasteiger partial charge in [0.05, 0.1) is 10.4 Å². The van der Waals surface area contributed by atoms with Crippen LogP contribution in [0.4, 0.5) is 0 Å². The molecule has 4 nitrogen and oxygen atoms in total. The molecule has 0 saturated heterocycles. The molecule has 0 radical (unpaired) electrons. The highest BCUT2D eigenvalue weighted by atomic mass is 35.5. The maximum absolute atomic E-state index is 13.2. The fourth-order valence-electron chi connectivity index (χ4n) is 3.15. The Kier molecular flexibility index (Phi) is 4.00. The van der Waals surface area contributed by atoms with Gasteiger partial charge < -0.3 is 4.57 Å². The third-order valence-electron chi connectivity index (χ3n) is 4.22. The van der Waals surface area contributed by atoms with Gasteiger partial charge in [0.15, 0.2) is 0 Å². The zero-order chi connectivity index (χ0) is 16.7. The summed E-state index contributed by atoms with van der Waals surface area (Å²) in [5.74, 6) is 0. The Morgan fingerprint density at radius 3 is 2.50 bits per heavy atom. The molecule has 0 amide bonds. The van der Waals surface area contributed by atoms with E-state index < -0.39 is 10.0 Å². The Labute approximate surface area is 150 Å². The summed E-state index contributed by atoms with van der Waals surface area (Å²) >= 11 is 7.05. The number of aromatic nitrogens is 1.